The molecular formula is C49H33NOS. The Labute approximate surface area is 305 Å². The molecular weight excluding hydrogens is 651 g/mol. The van der Waals surface area contributed by atoms with Crippen molar-refractivity contribution >= 4 is 81.3 Å². The van der Waals surface area contributed by atoms with Crippen LogP contribution in [0, 0.1) is 0 Å². The van der Waals surface area contributed by atoms with Gasteiger partial charge in [-0.3, -0.25) is 0 Å². The Hall–Kier alpha value is -6.16. The Balaban J connectivity index is 1.19. The van der Waals surface area contributed by atoms with Gasteiger partial charge in [-0.25, -0.2) is 0 Å². The van der Waals surface area contributed by atoms with Crippen molar-refractivity contribution in [1.29, 1.82) is 0 Å². The molecule has 0 N–H and O–H groups in total. The van der Waals surface area contributed by atoms with Crippen LogP contribution in [-0.4, -0.2) is 0 Å². The Morgan fingerprint density at radius 1 is 0.462 bits per heavy atom. The Bertz CT molecular complexity index is 3070. The molecule has 2 heterocycles. The third-order valence-corrected chi connectivity index (χ3v) is 12.4. The first-order valence-corrected chi connectivity index (χ1v) is 18.7. The average molecular weight is 684 g/mol. The lowest BCUT2D eigenvalue weighted by Crippen LogP contribution is -2.16. The molecule has 0 saturated carbocycles. The normalized spacial score (nSPS) is 13.3. The average Bonchev–Trinajstić information content (AvgIpc) is 3.82. The highest BCUT2D eigenvalue weighted by Gasteiger charge is 2.36. The third-order valence-electron chi connectivity index (χ3n) is 11.3. The first-order valence-electron chi connectivity index (χ1n) is 17.9. The summed E-state index contributed by atoms with van der Waals surface area (Å²) in [5.41, 5.74) is 12.7. The highest BCUT2D eigenvalue weighted by atomic mass is 32.1. The summed E-state index contributed by atoms with van der Waals surface area (Å²) < 4.78 is 9.12. The number of anilines is 3. The fraction of sp³-hybridized carbons (Fsp3) is 0.0612. The summed E-state index contributed by atoms with van der Waals surface area (Å²) in [5.74, 6) is 0. The van der Waals surface area contributed by atoms with Gasteiger partial charge in [0, 0.05) is 59.4 Å². The molecule has 1 aliphatic carbocycles. The van der Waals surface area contributed by atoms with Crippen LogP contribution in [0.2, 0.25) is 0 Å². The highest BCUT2D eigenvalue weighted by molar-refractivity contribution is 7.26. The van der Waals surface area contributed by atoms with E-state index in [2.05, 4.69) is 176 Å². The maximum Gasteiger partial charge on any atom is 0.137 e. The monoisotopic (exact) mass is 683 g/mol. The van der Waals surface area contributed by atoms with Crippen LogP contribution < -0.4 is 4.90 Å². The van der Waals surface area contributed by atoms with E-state index in [4.69, 9.17) is 4.42 Å². The van der Waals surface area contributed by atoms with Crippen molar-refractivity contribution in [3.63, 3.8) is 0 Å². The van der Waals surface area contributed by atoms with Crippen LogP contribution in [0.5, 0.6) is 0 Å². The number of furan rings is 1. The van der Waals surface area contributed by atoms with Crippen LogP contribution in [0.25, 0.3) is 75.1 Å². The quantitative estimate of drug-likeness (QED) is 0.184. The molecule has 2 aromatic heterocycles. The number of nitrogens with zero attached hydrogens (tertiary/aromatic N) is 1. The fourth-order valence-electron chi connectivity index (χ4n) is 8.83. The molecule has 10 aromatic rings. The second-order valence-electron chi connectivity index (χ2n) is 14.5. The van der Waals surface area contributed by atoms with Gasteiger partial charge in [-0.1, -0.05) is 123 Å². The standard InChI is InChI=1S/C49H33NOS/c1-49(2)40-18-7-3-13-33(40)34-25-23-31(28-41(34)49)50(32-24-26-37-36-15-5-9-20-43(36)51-44(37)29-32)42-19-8-4-14-35(42)38-17-11-12-30-22-27-46-48(47(30)38)39-16-6-10-21-45(39)52-46/h3-29H,1-2H3. The molecule has 1 aliphatic rings. The second kappa shape index (κ2) is 10.9. The second-order valence-corrected chi connectivity index (χ2v) is 15.6. The summed E-state index contributed by atoms with van der Waals surface area (Å²) >= 11 is 1.87. The van der Waals surface area contributed by atoms with Crippen LogP contribution in [0.3, 0.4) is 0 Å². The predicted octanol–water partition coefficient (Wildman–Crippen LogP) is 14.6. The van der Waals surface area contributed by atoms with E-state index in [1.807, 2.05) is 17.4 Å². The van der Waals surface area contributed by atoms with Gasteiger partial charge in [-0.15, -0.1) is 11.3 Å². The SMILES string of the molecule is CC1(C)c2ccccc2-c2ccc(N(c3ccc4c(c3)oc3ccccc34)c3ccccc3-c3cccc4ccc5sc6ccccc6c5c34)cc21. The lowest BCUT2D eigenvalue weighted by molar-refractivity contribution is 0.660. The topological polar surface area (TPSA) is 16.4 Å². The smallest absolute Gasteiger partial charge is 0.137 e. The molecule has 0 unspecified atom stereocenters. The van der Waals surface area contributed by atoms with Gasteiger partial charge in [-0.05, 0) is 87.1 Å². The van der Waals surface area contributed by atoms with Gasteiger partial charge in [0.25, 0.3) is 0 Å². The minimum absolute atomic E-state index is 0.128. The lowest BCUT2D eigenvalue weighted by atomic mass is 9.82. The van der Waals surface area contributed by atoms with E-state index in [0.717, 1.165) is 39.0 Å². The zero-order chi connectivity index (χ0) is 34.6. The maximum atomic E-state index is 6.49. The molecule has 0 aliphatic heterocycles. The van der Waals surface area contributed by atoms with E-state index in [1.165, 1.54) is 64.3 Å². The van der Waals surface area contributed by atoms with Crippen LogP contribution in [0.4, 0.5) is 17.1 Å². The number of hydrogen-bond donors (Lipinski definition) is 0. The largest absolute Gasteiger partial charge is 0.456 e. The maximum absolute atomic E-state index is 6.49. The molecule has 2 nitrogen and oxygen atoms in total. The minimum Gasteiger partial charge on any atom is -0.456 e. The molecule has 0 saturated heterocycles. The summed E-state index contributed by atoms with van der Waals surface area (Å²) in [6.45, 7) is 4.71. The van der Waals surface area contributed by atoms with E-state index in [9.17, 15) is 0 Å². The molecule has 0 spiro atoms. The van der Waals surface area contributed by atoms with Crippen LogP contribution in [-0.2, 0) is 5.41 Å². The van der Waals surface area contributed by atoms with E-state index in [0.29, 0.717) is 0 Å². The molecule has 0 bridgehead atoms. The first kappa shape index (κ1) is 29.6. The molecule has 0 amide bonds. The number of para-hydroxylation sites is 2. The summed E-state index contributed by atoms with van der Waals surface area (Å²) in [6.07, 6.45) is 0. The van der Waals surface area contributed by atoms with Crippen LogP contribution >= 0.6 is 11.3 Å². The zero-order valence-electron chi connectivity index (χ0n) is 28.9. The number of hydrogen-bond acceptors (Lipinski definition) is 3. The summed E-state index contributed by atoms with van der Waals surface area (Å²) in [5, 5.41) is 7.44. The minimum atomic E-state index is -0.128. The summed E-state index contributed by atoms with van der Waals surface area (Å²) in [7, 11) is 0. The van der Waals surface area contributed by atoms with Gasteiger partial charge < -0.3 is 9.32 Å². The van der Waals surface area contributed by atoms with E-state index < -0.39 is 0 Å². The number of fused-ring (bicyclic) bond motifs is 11. The Morgan fingerprint density at radius 3 is 2.08 bits per heavy atom. The van der Waals surface area contributed by atoms with Crippen LogP contribution in [0.15, 0.2) is 168 Å². The molecule has 246 valence electrons. The zero-order valence-corrected chi connectivity index (χ0v) is 29.7. The van der Waals surface area contributed by atoms with Crippen molar-refractivity contribution in [3.05, 3.63) is 175 Å². The van der Waals surface area contributed by atoms with Gasteiger partial charge in [0.15, 0.2) is 0 Å². The predicted molar refractivity (Wildman–Crippen MR) is 222 cm³/mol. The van der Waals surface area contributed by atoms with Gasteiger partial charge in [0.2, 0.25) is 0 Å². The van der Waals surface area contributed by atoms with E-state index in [-0.39, 0.29) is 5.41 Å². The van der Waals surface area contributed by atoms with Crippen molar-refractivity contribution in [2.45, 2.75) is 19.3 Å². The van der Waals surface area contributed by atoms with Gasteiger partial charge in [0.05, 0.1) is 5.69 Å². The van der Waals surface area contributed by atoms with Crippen LogP contribution in [0.1, 0.15) is 25.0 Å². The highest BCUT2D eigenvalue weighted by Crippen LogP contribution is 2.52. The Kier molecular flexibility index (Phi) is 6.21. The molecule has 8 aromatic carbocycles. The number of benzene rings is 8. The molecule has 0 radical (unpaired) electrons. The third kappa shape index (κ3) is 4.17. The molecule has 0 atom stereocenters. The molecule has 52 heavy (non-hydrogen) atoms. The molecule has 0 fully saturated rings. The summed E-state index contributed by atoms with van der Waals surface area (Å²) in [4.78, 5) is 2.44. The van der Waals surface area contributed by atoms with Gasteiger partial charge in [0.1, 0.15) is 11.2 Å². The molecule has 3 heteroatoms. The number of rotatable bonds is 4. The van der Waals surface area contributed by atoms with Crippen molar-refractivity contribution < 1.29 is 4.42 Å². The van der Waals surface area contributed by atoms with E-state index in [1.54, 1.807) is 0 Å². The van der Waals surface area contributed by atoms with Gasteiger partial charge >= 0.3 is 0 Å². The first-order chi connectivity index (χ1) is 25.5. The van der Waals surface area contributed by atoms with Crippen molar-refractivity contribution in [2.24, 2.45) is 0 Å². The fourth-order valence-corrected chi connectivity index (χ4v) is 9.94. The van der Waals surface area contributed by atoms with E-state index >= 15 is 0 Å². The van der Waals surface area contributed by atoms with Crippen molar-refractivity contribution in [2.75, 3.05) is 4.90 Å². The van der Waals surface area contributed by atoms with Crippen molar-refractivity contribution in [1.82, 2.24) is 0 Å². The number of thiophene rings is 1. The van der Waals surface area contributed by atoms with Crippen molar-refractivity contribution in [3.8, 4) is 22.3 Å². The Morgan fingerprint density at radius 2 is 1.15 bits per heavy atom. The van der Waals surface area contributed by atoms with Gasteiger partial charge in [-0.2, -0.15) is 0 Å². The molecule has 11 rings (SSSR count). The lowest BCUT2D eigenvalue weighted by Gasteiger charge is -2.30. The summed E-state index contributed by atoms with van der Waals surface area (Å²) in [6, 6.07) is 60.0.